The number of nitrogens with one attached hydrogen (secondary N) is 1. The van der Waals surface area contributed by atoms with Crippen molar-refractivity contribution in [1.29, 1.82) is 0 Å². The number of hydrogen-bond donors (Lipinski definition) is 1. The van der Waals surface area contributed by atoms with Gasteiger partial charge in [-0.25, -0.2) is 0 Å². The quantitative estimate of drug-likeness (QED) is 0.591. The monoisotopic (exact) mass is 426 g/mol. The van der Waals surface area contributed by atoms with Gasteiger partial charge in [0.05, 0.1) is 21.3 Å². The fourth-order valence-corrected chi connectivity index (χ4v) is 2.98. The average Bonchev–Trinajstić information content (AvgIpc) is 2.80. The average molecular weight is 427 g/mol. The molecule has 7 nitrogen and oxygen atoms in total. The zero-order valence-electron chi connectivity index (χ0n) is 18.7. The van der Waals surface area contributed by atoms with Crippen molar-refractivity contribution < 1.29 is 23.8 Å². The summed E-state index contributed by atoms with van der Waals surface area (Å²) in [7, 11) is 6.50. The maximum atomic E-state index is 12.6. The molecule has 2 aromatic rings. The Kier molecular flexibility index (Phi) is 8.94. The lowest BCUT2D eigenvalue weighted by molar-refractivity contribution is -0.133. The van der Waals surface area contributed by atoms with Crippen molar-refractivity contribution in [1.82, 2.24) is 10.2 Å². The van der Waals surface area contributed by atoms with E-state index in [2.05, 4.69) is 5.32 Å². The van der Waals surface area contributed by atoms with Gasteiger partial charge in [0.15, 0.2) is 11.5 Å². The first-order chi connectivity index (χ1) is 14.9. The minimum atomic E-state index is -0.636. The molecule has 0 aliphatic heterocycles. The SMILES string of the molecule is COc1ccc(/C=C/C(=O)NC(C)C(=O)N(C)CCc2ccc(OC)c(OC)c2)cc1. The Morgan fingerprint density at radius 1 is 1.00 bits per heavy atom. The third-order valence-corrected chi connectivity index (χ3v) is 4.83. The molecule has 0 aliphatic carbocycles. The van der Waals surface area contributed by atoms with Gasteiger partial charge in [-0.05, 0) is 54.8 Å². The number of ether oxygens (including phenoxy) is 3. The molecule has 0 saturated carbocycles. The first-order valence-corrected chi connectivity index (χ1v) is 9.96. The van der Waals surface area contributed by atoms with Gasteiger partial charge in [-0.15, -0.1) is 0 Å². The third kappa shape index (κ3) is 7.06. The van der Waals surface area contributed by atoms with Gasteiger partial charge in [-0.1, -0.05) is 18.2 Å². The van der Waals surface area contributed by atoms with E-state index in [4.69, 9.17) is 14.2 Å². The van der Waals surface area contributed by atoms with Crippen LogP contribution >= 0.6 is 0 Å². The molecule has 0 radical (unpaired) electrons. The molecule has 1 unspecified atom stereocenters. The minimum absolute atomic E-state index is 0.160. The van der Waals surface area contributed by atoms with Crippen LogP contribution in [0.1, 0.15) is 18.1 Å². The van der Waals surface area contributed by atoms with Crippen molar-refractivity contribution in [3.05, 3.63) is 59.7 Å². The van der Waals surface area contributed by atoms with E-state index in [1.165, 1.54) is 6.08 Å². The lowest BCUT2D eigenvalue weighted by Crippen LogP contribution is -2.45. The normalized spacial score (nSPS) is 11.6. The van der Waals surface area contributed by atoms with Crippen molar-refractivity contribution in [2.24, 2.45) is 0 Å². The molecule has 0 bridgehead atoms. The highest BCUT2D eigenvalue weighted by molar-refractivity contribution is 5.95. The summed E-state index contributed by atoms with van der Waals surface area (Å²) in [6.07, 6.45) is 3.75. The van der Waals surface area contributed by atoms with Crippen LogP contribution in [0.4, 0.5) is 0 Å². The number of likely N-dealkylation sites (N-methyl/N-ethyl adjacent to an activating group) is 1. The van der Waals surface area contributed by atoms with Crippen LogP contribution in [0.5, 0.6) is 17.2 Å². The molecule has 166 valence electrons. The van der Waals surface area contributed by atoms with Gasteiger partial charge in [-0.2, -0.15) is 0 Å². The summed E-state index contributed by atoms with van der Waals surface area (Å²) in [4.78, 5) is 26.4. The Hall–Kier alpha value is -3.48. The predicted molar refractivity (Wildman–Crippen MR) is 121 cm³/mol. The molecule has 0 fully saturated rings. The van der Waals surface area contributed by atoms with E-state index < -0.39 is 6.04 Å². The van der Waals surface area contributed by atoms with E-state index in [-0.39, 0.29) is 11.8 Å². The summed E-state index contributed by atoms with van der Waals surface area (Å²) in [6, 6.07) is 12.4. The maximum absolute atomic E-state index is 12.6. The second-order valence-corrected chi connectivity index (χ2v) is 7.04. The summed E-state index contributed by atoms with van der Waals surface area (Å²) in [5, 5.41) is 2.71. The zero-order chi connectivity index (χ0) is 22.8. The first-order valence-electron chi connectivity index (χ1n) is 9.96. The zero-order valence-corrected chi connectivity index (χ0v) is 18.7. The number of carbonyl (C=O) groups is 2. The second kappa shape index (κ2) is 11.6. The molecule has 0 saturated heterocycles. The summed E-state index contributed by atoms with van der Waals surface area (Å²) >= 11 is 0. The van der Waals surface area contributed by atoms with Crippen LogP contribution in [0.2, 0.25) is 0 Å². The molecule has 0 aromatic heterocycles. The fourth-order valence-electron chi connectivity index (χ4n) is 2.98. The standard InChI is InChI=1S/C24H30N2O5/c1-17(25-23(27)13-9-18-6-10-20(29-3)11-7-18)24(28)26(2)15-14-19-8-12-21(30-4)22(16-19)31-5/h6-13,16-17H,14-15H2,1-5H3,(H,25,27)/b13-9+. The molecule has 1 atom stereocenters. The van der Waals surface area contributed by atoms with Crippen molar-refractivity contribution in [3.63, 3.8) is 0 Å². The van der Waals surface area contributed by atoms with Crippen LogP contribution in [0, 0.1) is 0 Å². The van der Waals surface area contributed by atoms with Crippen LogP contribution in [-0.2, 0) is 16.0 Å². The highest BCUT2D eigenvalue weighted by Crippen LogP contribution is 2.27. The second-order valence-electron chi connectivity index (χ2n) is 7.04. The van der Waals surface area contributed by atoms with E-state index in [1.54, 1.807) is 46.3 Å². The van der Waals surface area contributed by atoms with Crippen molar-refractivity contribution in [3.8, 4) is 17.2 Å². The number of amides is 2. The summed E-state index contributed by atoms with van der Waals surface area (Å²) in [5.74, 6) is 1.57. The molecule has 31 heavy (non-hydrogen) atoms. The van der Waals surface area contributed by atoms with Crippen LogP contribution < -0.4 is 19.5 Å². The number of hydrogen-bond acceptors (Lipinski definition) is 5. The number of rotatable bonds is 10. The van der Waals surface area contributed by atoms with Crippen LogP contribution in [0.15, 0.2) is 48.5 Å². The van der Waals surface area contributed by atoms with Crippen molar-refractivity contribution in [2.75, 3.05) is 34.9 Å². The number of carbonyl (C=O) groups excluding carboxylic acids is 2. The molecule has 0 heterocycles. The number of methoxy groups -OCH3 is 3. The summed E-state index contributed by atoms with van der Waals surface area (Å²) < 4.78 is 15.7. The predicted octanol–water partition coefficient (Wildman–Crippen LogP) is 2.93. The van der Waals surface area contributed by atoms with Gasteiger partial charge in [-0.3, -0.25) is 9.59 Å². The lowest BCUT2D eigenvalue weighted by Gasteiger charge is -2.22. The molecule has 7 heteroatoms. The largest absolute Gasteiger partial charge is 0.497 e. The van der Waals surface area contributed by atoms with Gasteiger partial charge in [0.2, 0.25) is 11.8 Å². The fraction of sp³-hybridized carbons (Fsp3) is 0.333. The van der Waals surface area contributed by atoms with E-state index in [0.717, 1.165) is 16.9 Å². The molecular weight excluding hydrogens is 396 g/mol. The van der Waals surface area contributed by atoms with Gasteiger partial charge >= 0.3 is 0 Å². The van der Waals surface area contributed by atoms with E-state index in [1.807, 2.05) is 42.5 Å². The Morgan fingerprint density at radius 3 is 2.29 bits per heavy atom. The molecule has 1 N–H and O–H groups in total. The molecule has 2 amide bonds. The molecule has 0 aliphatic rings. The van der Waals surface area contributed by atoms with E-state index in [9.17, 15) is 9.59 Å². The van der Waals surface area contributed by atoms with Crippen LogP contribution in [-0.4, -0.2) is 57.7 Å². The highest BCUT2D eigenvalue weighted by atomic mass is 16.5. The van der Waals surface area contributed by atoms with Crippen molar-refractivity contribution in [2.45, 2.75) is 19.4 Å². The Bertz CT molecular complexity index is 909. The Balaban J connectivity index is 1.85. The Labute approximate surface area is 183 Å². The summed E-state index contributed by atoms with van der Waals surface area (Å²) in [5.41, 5.74) is 1.89. The van der Waals surface area contributed by atoms with Gasteiger partial charge in [0, 0.05) is 19.7 Å². The minimum Gasteiger partial charge on any atom is -0.497 e. The molecule has 0 spiro atoms. The third-order valence-electron chi connectivity index (χ3n) is 4.83. The molecular formula is C24H30N2O5. The first kappa shape index (κ1) is 23.8. The molecule has 2 rings (SSSR count). The van der Waals surface area contributed by atoms with E-state index >= 15 is 0 Å². The van der Waals surface area contributed by atoms with Gasteiger partial charge in [0.1, 0.15) is 11.8 Å². The molecule has 2 aromatic carbocycles. The summed E-state index contributed by atoms with van der Waals surface area (Å²) in [6.45, 7) is 2.19. The maximum Gasteiger partial charge on any atom is 0.244 e. The number of nitrogens with zero attached hydrogens (tertiary/aromatic N) is 1. The van der Waals surface area contributed by atoms with Crippen LogP contribution in [0.25, 0.3) is 6.08 Å². The smallest absolute Gasteiger partial charge is 0.244 e. The van der Waals surface area contributed by atoms with Gasteiger partial charge in [0.25, 0.3) is 0 Å². The highest BCUT2D eigenvalue weighted by Gasteiger charge is 2.18. The van der Waals surface area contributed by atoms with E-state index in [0.29, 0.717) is 24.5 Å². The topological polar surface area (TPSA) is 77.1 Å². The van der Waals surface area contributed by atoms with Crippen molar-refractivity contribution >= 4 is 17.9 Å². The lowest BCUT2D eigenvalue weighted by atomic mass is 10.1. The Morgan fingerprint density at radius 2 is 1.68 bits per heavy atom. The number of benzene rings is 2. The van der Waals surface area contributed by atoms with Crippen LogP contribution in [0.3, 0.4) is 0 Å². The van der Waals surface area contributed by atoms with Gasteiger partial charge < -0.3 is 24.4 Å².